The second kappa shape index (κ2) is 4.67. The van der Waals surface area contributed by atoms with Gasteiger partial charge in [-0.15, -0.1) is 0 Å². The molecule has 0 amide bonds. The van der Waals surface area contributed by atoms with Gasteiger partial charge in [0.25, 0.3) is 0 Å². The van der Waals surface area contributed by atoms with Crippen molar-refractivity contribution in [1.29, 1.82) is 0 Å². The molecule has 1 N–H and O–H groups in total. The summed E-state index contributed by atoms with van der Waals surface area (Å²) in [6, 6.07) is 10.9. The Labute approximate surface area is 110 Å². The molecular weight excluding hydrogens is 220 g/mol. The van der Waals surface area contributed by atoms with E-state index in [1.54, 1.807) is 0 Å². The highest BCUT2D eigenvalue weighted by Gasteiger charge is 2.48. The lowest BCUT2D eigenvalue weighted by Crippen LogP contribution is -2.45. The number of fused-ring (bicyclic) bond motifs is 1. The number of hydrogen-bond donors (Lipinski definition) is 1. The number of likely N-dealkylation sites (tertiary alicyclic amines) is 1. The Hall–Kier alpha value is -0.860. The molecule has 0 radical (unpaired) electrons. The minimum absolute atomic E-state index is 0.364. The smallest absolute Gasteiger partial charge is 0.0197 e. The summed E-state index contributed by atoms with van der Waals surface area (Å²) in [5.74, 6) is 1.71. The van der Waals surface area contributed by atoms with Crippen molar-refractivity contribution >= 4 is 0 Å². The van der Waals surface area contributed by atoms with E-state index in [1.165, 1.54) is 38.2 Å². The molecule has 0 aliphatic carbocycles. The Morgan fingerprint density at radius 3 is 2.72 bits per heavy atom. The fourth-order valence-electron chi connectivity index (χ4n) is 3.79. The van der Waals surface area contributed by atoms with Crippen molar-refractivity contribution in [2.24, 2.45) is 11.8 Å². The monoisotopic (exact) mass is 244 g/mol. The molecule has 0 saturated carbocycles. The van der Waals surface area contributed by atoms with Crippen molar-refractivity contribution in [3.63, 3.8) is 0 Å². The van der Waals surface area contributed by atoms with E-state index in [0.717, 1.165) is 11.8 Å². The molecule has 2 unspecified atom stereocenters. The number of nitrogens with zero attached hydrogens (tertiary/aromatic N) is 1. The van der Waals surface area contributed by atoms with E-state index in [0.29, 0.717) is 5.54 Å². The van der Waals surface area contributed by atoms with Crippen LogP contribution in [0.3, 0.4) is 0 Å². The van der Waals surface area contributed by atoms with Crippen LogP contribution in [0.2, 0.25) is 0 Å². The number of hydrogen-bond acceptors (Lipinski definition) is 2. The second-order valence-electron chi connectivity index (χ2n) is 6.36. The fraction of sp³-hybridized carbons (Fsp3) is 0.625. The highest BCUT2D eigenvalue weighted by atomic mass is 15.2. The highest BCUT2D eigenvalue weighted by molar-refractivity contribution is 5.15. The van der Waals surface area contributed by atoms with Crippen molar-refractivity contribution in [1.82, 2.24) is 10.2 Å². The van der Waals surface area contributed by atoms with Crippen molar-refractivity contribution < 1.29 is 0 Å². The largest absolute Gasteiger partial charge is 0.316 e. The van der Waals surface area contributed by atoms with Gasteiger partial charge < -0.3 is 5.32 Å². The maximum atomic E-state index is 3.55. The van der Waals surface area contributed by atoms with Crippen molar-refractivity contribution in [2.45, 2.75) is 25.8 Å². The van der Waals surface area contributed by atoms with Crippen molar-refractivity contribution in [2.75, 3.05) is 26.2 Å². The van der Waals surface area contributed by atoms with Crippen LogP contribution in [0.4, 0.5) is 0 Å². The maximum absolute atomic E-state index is 3.55. The molecule has 1 aromatic carbocycles. The zero-order chi connectivity index (χ0) is 12.6. The Morgan fingerprint density at radius 2 is 2.00 bits per heavy atom. The van der Waals surface area contributed by atoms with E-state index in [-0.39, 0.29) is 0 Å². The SMILES string of the molecule is CC1(C)C2CNCC2CN1CCc1ccccc1. The molecule has 3 rings (SSSR count). The van der Waals surface area contributed by atoms with Crippen LogP contribution in [0.25, 0.3) is 0 Å². The molecule has 98 valence electrons. The van der Waals surface area contributed by atoms with Gasteiger partial charge in [-0.3, -0.25) is 4.90 Å². The van der Waals surface area contributed by atoms with Crippen LogP contribution in [-0.4, -0.2) is 36.6 Å². The topological polar surface area (TPSA) is 15.3 Å². The van der Waals surface area contributed by atoms with Crippen LogP contribution in [0, 0.1) is 11.8 Å². The van der Waals surface area contributed by atoms with Crippen LogP contribution >= 0.6 is 0 Å². The van der Waals surface area contributed by atoms with Gasteiger partial charge in [0.15, 0.2) is 0 Å². The first-order valence-electron chi connectivity index (χ1n) is 7.17. The number of nitrogens with one attached hydrogen (secondary N) is 1. The summed E-state index contributed by atoms with van der Waals surface area (Å²) in [7, 11) is 0. The summed E-state index contributed by atoms with van der Waals surface area (Å²) < 4.78 is 0. The van der Waals surface area contributed by atoms with Crippen LogP contribution in [0.1, 0.15) is 19.4 Å². The van der Waals surface area contributed by atoms with Gasteiger partial charge in [-0.1, -0.05) is 30.3 Å². The normalized spacial score (nSPS) is 30.6. The molecule has 1 aromatic rings. The summed E-state index contributed by atoms with van der Waals surface area (Å²) in [5.41, 5.74) is 1.83. The molecule has 2 heteroatoms. The molecule has 18 heavy (non-hydrogen) atoms. The van der Waals surface area contributed by atoms with Gasteiger partial charge in [0, 0.05) is 25.2 Å². The minimum Gasteiger partial charge on any atom is -0.316 e. The van der Waals surface area contributed by atoms with E-state index < -0.39 is 0 Å². The Bertz CT molecular complexity index is 399. The van der Waals surface area contributed by atoms with E-state index in [1.807, 2.05) is 0 Å². The maximum Gasteiger partial charge on any atom is 0.0197 e. The molecule has 2 saturated heterocycles. The van der Waals surface area contributed by atoms with Crippen LogP contribution in [0.15, 0.2) is 30.3 Å². The first-order chi connectivity index (χ1) is 8.68. The lowest BCUT2D eigenvalue weighted by Gasteiger charge is -2.35. The molecule has 2 heterocycles. The van der Waals surface area contributed by atoms with Gasteiger partial charge in [-0.2, -0.15) is 0 Å². The zero-order valence-electron chi connectivity index (χ0n) is 11.5. The molecule has 0 spiro atoms. The number of rotatable bonds is 3. The molecule has 0 aromatic heterocycles. The Kier molecular flexibility index (Phi) is 3.16. The summed E-state index contributed by atoms with van der Waals surface area (Å²) in [5, 5.41) is 3.55. The summed E-state index contributed by atoms with van der Waals surface area (Å²) in [6.45, 7) is 9.75. The van der Waals surface area contributed by atoms with Gasteiger partial charge in [0.1, 0.15) is 0 Å². The zero-order valence-corrected chi connectivity index (χ0v) is 11.5. The predicted molar refractivity (Wildman–Crippen MR) is 75.6 cm³/mol. The van der Waals surface area contributed by atoms with Crippen LogP contribution in [-0.2, 0) is 6.42 Å². The van der Waals surface area contributed by atoms with Gasteiger partial charge in [-0.25, -0.2) is 0 Å². The second-order valence-corrected chi connectivity index (χ2v) is 6.36. The average molecular weight is 244 g/mol. The van der Waals surface area contributed by atoms with E-state index in [9.17, 15) is 0 Å². The summed E-state index contributed by atoms with van der Waals surface area (Å²) >= 11 is 0. The van der Waals surface area contributed by atoms with Gasteiger partial charge in [-0.05, 0) is 44.2 Å². The van der Waals surface area contributed by atoms with Gasteiger partial charge in [0.05, 0.1) is 0 Å². The highest BCUT2D eigenvalue weighted by Crippen LogP contribution is 2.40. The molecular formula is C16H24N2. The predicted octanol–water partition coefficient (Wildman–Crippen LogP) is 2.16. The minimum atomic E-state index is 0.364. The van der Waals surface area contributed by atoms with Gasteiger partial charge in [0.2, 0.25) is 0 Å². The standard InChI is InChI=1S/C16H24N2/c1-16(2)15-11-17-10-14(15)12-18(16)9-8-13-6-4-3-5-7-13/h3-7,14-15,17H,8-12H2,1-2H3. The lowest BCUT2D eigenvalue weighted by molar-refractivity contribution is 0.141. The van der Waals surface area contributed by atoms with Crippen molar-refractivity contribution in [3.05, 3.63) is 35.9 Å². The molecule has 2 aliphatic rings. The van der Waals surface area contributed by atoms with Crippen LogP contribution in [0.5, 0.6) is 0 Å². The molecule has 2 nitrogen and oxygen atoms in total. The Morgan fingerprint density at radius 1 is 1.22 bits per heavy atom. The Balaban J connectivity index is 1.64. The third-order valence-electron chi connectivity index (χ3n) is 5.03. The lowest BCUT2D eigenvalue weighted by atomic mass is 9.85. The first-order valence-corrected chi connectivity index (χ1v) is 7.17. The number of benzene rings is 1. The van der Waals surface area contributed by atoms with E-state index >= 15 is 0 Å². The third kappa shape index (κ3) is 2.08. The van der Waals surface area contributed by atoms with Crippen LogP contribution < -0.4 is 5.32 Å². The first kappa shape index (κ1) is 12.2. The van der Waals surface area contributed by atoms with E-state index in [2.05, 4.69) is 54.4 Å². The fourth-order valence-corrected chi connectivity index (χ4v) is 3.79. The van der Waals surface area contributed by atoms with E-state index in [4.69, 9.17) is 0 Å². The molecule has 2 fully saturated rings. The summed E-state index contributed by atoms with van der Waals surface area (Å²) in [6.07, 6.45) is 1.18. The molecule has 2 aliphatic heterocycles. The third-order valence-corrected chi connectivity index (χ3v) is 5.03. The summed E-state index contributed by atoms with van der Waals surface area (Å²) in [4.78, 5) is 2.70. The van der Waals surface area contributed by atoms with Gasteiger partial charge >= 0.3 is 0 Å². The quantitative estimate of drug-likeness (QED) is 0.876. The molecule has 2 atom stereocenters. The average Bonchev–Trinajstić information content (AvgIpc) is 2.91. The molecule has 0 bridgehead atoms. The van der Waals surface area contributed by atoms with Crippen molar-refractivity contribution in [3.8, 4) is 0 Å².